The fourth-order valence-electron chi connectivity index (χ4n) is 2.29. The summed E-state index contributed by atoms with van der Waals surface area (Å²) < 4.78 is 0. The molecule has 3 N–H and O–H groups in total. The highest BCUT2D eigenvalue weighted by Crippen LogP contribution is 2.22. The topological polar surface area (TPSA) is 49.5 Å². The quantitative estimate of drug-likeness (QED) is 0.710. The van der Waals surface area contributed by atoms with E-state index < -0.39 is 0 Å². The summed E-state index contributed by atoms with van der Waals surface area (Å²) in [7, 11) is 0. The molecule has 0 spiro atoms. The molecular weight excluding hydrogens is 176 g/mol. The summed E-state index contributed by atoms with van der Waals surface area (Å²) in [5, 5.41) is 9.37. The molecule has 0 amide bonds. The minimum Gasteiger partial charge on any atom is -0.393 e. The van der Waals surface area contributed by atoms with Crippen LogP contribution in [0.5, 0.6) is 0 Å². The zero-order valence-electron chi connectivity index (χ0n) is 9.66. The predicted octanol–water partition coefficient (Wildman–Crippen LogP) is 0.959. The first-order valence-corrected chi connectivity index (χ1v) is 5.59. The number of hydrogen-bond donors (Lipinski definition) is 2. The van der Waals surface area contributed by atoms with Crippen LogP contribution in [0.2, 0.25) is 0 Å². The molecule has 3 nitrogen and oxygen atoms in total. The lowest BCUT2D eigenvalue weighted by Gasteiger charge is -2.31. The largest absolute Gasteiger partial charge is 0.393 e. The lowest BCUT2D eigenvalue weighted by Crippen LogP contribution is -2.47. The molecule has 0 radical (unpaired) electrons. The molecule has 84 valence electrons. The molecule has 1 fully saturated rings. The molecule has 0 aromatic rings. The SMILES string of the molecule is CC(O)CC1CCCN1CC(C)(C)N. The summed E-state index contributed by atoms with van der Waals surface area (Å²) in [4.78, 5) is 2.42. The van der Waals surface area contributed by atoms with Crippen molar-refractivity contribution in [3.63, 3.8) is 0 Å². The number of aliphatic hydroxyl groups excluding tert-OH is 1. The van der Waals surface area contributed by atoms with Crippen molar-refractivity contribution >= 4 is 0 Å². The third-order valence-corrected chi connectivity index (χ3v) is 2.72. The Balaban J connectivity index is 2.43. The highest BCUT2D eigenvalue weighted by atomic mass is 16.3. The number of hydrogen-bond acceptors (Lipinski definition) is 3. The van der Waals surface area contributed by atoms with Crippen LogP contribution in [0.1, 0.15) is 40.0 Å². The van der Waals surface area contributed by atoms with E-state index in [4.69, 9.17) is 5.73 Å². The first-order valence-electron chi connectivity index (χ1n) is 5.59. The van der Waals surface area contributed by atoms with E-state index in [0.717, 1.165) is 19.5 Å². The van der Waals surface area contributed by atoms with E-state index in [1.807, 2.05) is 6.92 Å². The fourth-order valence-corrected chi connectivity index (χ4v) is 2.29. The van der Waals surface area contributed by atoms with Gasteiger partial charge < -0.3 is 10.8 Å². The van der Waals surface area contributed by atoms with E-state index in [0.29, 0.717) is 6.04 Å². The lowest BCUT2D eigenvalue weighted by molar-refractivity contribution is 0.123. The van der Waals surface area contributed by atoms with Crippen molar-refractivity contribution in [2.24, 2.45) is 5.73 Å². The molecule has 1 aliphatic heterocycles. The number of rotatable bonds is 4. The Kier molecular flexibility index (Phi) is 3.93. The third kappa shape index (κ3) is 3.95. The maximum atomic E-state index is 9.37. The van der Waals surface area contributed by atoms with Gasteiger partial charge in [-0.05, 0) is 46.6 Å². The normalized spacial score (nSPS) is 26.8. The lowest BCUT2D eigenvalue weighted by atomic mass is 10.0. The Labute approximate surface area is 87.3 Å². The Morgan fingerprint density at radius 3 is 2.71 bits per heavy atom. The molecule has 1 saturated heterocycles. The van der Waals surface area contributed by atoms with Crippen molar-refractivity contribution in [2.75, 3.05) is 13.1 Å². The van der Waals surface area contributed by atoms with Crippen molar-refractivity contribution in [3.05, 3.63) is 0 Å². The van der Waals surface area contributed by atoms with Crippen LogP contribution in [0.15, 0.2) is 0 Å². The zero-order valence-corrected chi connectivity index (χ0v) is 9.66. The van der Waals surface area contributed by atoms with Crippen molar-refractivity contribution in [1.82, 2.24) is 4.90 Å². The molecule has 0 saturated carbocycles. The molecule has 1 rings (SSSR count). The molecule has 2 atom stereocenters. The third-order valence-electron chi connectivity index (χ3n) is 2.72. The summed E-state index contributed by atoms with van der Waals surface area (Å²) in [6.07, 6.45) is 3.14. The highest BCUT2D eigenvalue weighted by Gasteiger charge is 2.28. The van der Waals surface area contributed by atoms with Crippen molar-refractivity contribution in [1.29, 1.82) is 0 Å². The second kappa shape index (κ2) is 4.60. The van der Waals surface area contributed by atoms with Crippen LogP contribution in [-0.4, -0.2) is 40.8 Å². The smallest absolute Gasteiger partial charge is 0.0527 e. The van der Waals surface area contributed by atoms with Gasteiger partial charge in [-0.1, -0.05) is 0 Å². The van der Waals surface area contributed by atoms with Gasteiger partial charge in [-0.3, -0.25) is 4.90 Å². The van der Waals surface area contributed by atoms with Crippen molar-refractivity contribution < 1.29 is 5.11 Å². The zero-order chi connectivity index (χ0) is 10.8. The van der Waals surface area contributed by atoms with Gasteiger partial charge >= 0.3 is 0 Å². The van der Waals surface area contributed by atoms with Gasteiger partial charge in [0.05, 0.1) is 6.10 Å². The standard InChI is InChI=1S/C11H24N2O/c1-9(14)7-10-5-4-6-13(10)8-11(2,3)12/h9-10,14H,4-8,12H2,1-3H3. The van der Waals surface area contributed by atoms with Crippen LogP contribution in [0, 0.1) is 0 Å². The van der Waals surface area contributed by atoms with E-state index >= 15 is 0 Å². The molecular formula is C11H24N2O. The van der Waals surface area contributed by atoms with Gasteiger partial charge in [-0.25, -0.2) is 0 Å². The van der Waals surface area contributed by atoms with Crippen LogP contribution in [0.4, 0.5) is 0 Å². The number of likely N-dealkylation sites (tertiary alicyclic amines) is 1. The minimum atomic E-state index is -0.193. The molecule has 1 aliphatic rings. The maximum absolute atomic E-state index is 9.37. The minimum absolute atomic E-state index is 0.124. The molecule has 0 bridgehead atoms. The number of nitrogens with zero attached hydrogens (tertiary/aromatic N) is 1. The van der Waals surface area contributed by atoms with E-state index in [-0.39, 0.29) is 11.6 Å². The van der Waals surface area contributed by atoms with Crippen LogP contribution in [-0.2, 0) is 0 Å². The predicted molar refractivity (Wildman–Crippen MR) is 59.2 cm³/mol. The van der Waals surface area contributed by atoms with Gasteiger partial charge in [0.15, 0.2) is 0 Å². The van der Waals surface area contributed by atoms with Gasteiger partial charge in [0.25, 0.3) is 0 Å². The van der Waals surface area contributed by atoms with Crippen molar-refractivity contribution in [3.8, 4) is 0 Å². The van der Waals surface area contributed by atoms with Gasteiger partial charge in [-0.2, -0.15) is 0 Å². The molecule has 0 aliphatic carbocycles. The van der Waals surface area contributed by atoms with Gasteiger partial charge in [0, 0.05) is 18.1 Å². The number of nitrogens with two attached hydrogens (primary N) is 1. The Morgan fingerprint density at radius 2 is 2.21 bits per heavy atom. The van der Waals surface area contributed by atoms with Crippen LogP contribution in [0.25, 0.3) is 0 Å². The Bertz CT molecular complexity index is 175. The van der Waals surface area contributed by atoms with E-state index in [1.54, 1.807) is 0 Å². The Morgan fingerprint density at radius 1 is 1.57 bits per heavy atom. The van der Waals surface area contributed by atoms with Crippen molar-refractivity contribution in [2.45, 2.75) is 57.7 Å². The first-order chi connectivity index (χ1) is 6.38. The van der Waals surface area contributed by atoms with Crippen LogP contribution in [0.3, 0.4) is 0 Å². The van der Waals surface area contributed by atoms with Gasteiger partial charge in [0.2, 0.25) is 0 Å². The Hall–Kier alpha value is -0.120. The van der Waals surface area contributed by atoms with Gasteiger partial charge in [-0.15, -0.1) is 0 Å². The van der Waals surface area contributed by atoms with Crippen LogP contribution < -0.4 is 5.73 Å². The van der Waals surface area contributed by atoms with E-state index in [1.165, 1.54) is 12.8 Å². The second-order valence-corrected chi connectivity index (χ2v) is 5.34. The fraction of sp³-hybridized carbons (Fsp3) is 1.00. The molecule has 0 aromatic carbocycles. The summed E-state index contributed by atoms with van der Waals surface area (Å²) in [6.45, 7) is 8.06. The van der Waals surface area contributed by atoms with E-state index in [9.17, 15) is 5.11 Å². The van der Waals surface area contributed by atoms with E-state index in [2.05, 4.69) is 18.7 Å². The maximum Gasteiger partial charge on any atom is 0.0527 e. The highest BCUT2D eigenvalue weighted by molar-refractivity contribution is 4.86. The summed E-state index contributed by atoms with van der Waals surface area (Å²) in [5.74, 6) is 0. The molecule has 14 heavy (non-hydrogen) atoms. The molecule has 3 heteroatoms. The molecule has 2 unspecified atom stereocenters. The first kappa shape index (κ1) is 12.0. The average molecular weight is 200 g/mol. The summed E-state index contributed by atoms with van der Waals surface area (Å²) >= 11 is 0. The summed E-state index contributed by atoms with van der Waals surface area (Å²) in [5.41, 5.74) is 5.88. The average Bonchev–Trinajstić information content (AvgIpc) is 2.32. The monoisotopic (exact) mass is 200 g/mol. The number of aliphatic hydroxyl groups is 1. The second-order valence-electron chi connectivity index (χ2n) is 5.34. The van der Waals surface area contributed by atoms with Crippen LogP contribution >= 0.6 is 0 Å². The molecule has 1 heterocycles. The summed E-state index contributed by atoms with van der Waals surface area (Å²) in [6, 6.07) is 0.540. The van der Waals surface area contributed by atoms with Gasteiger partial charge in [0.1, 0.15) is 0 Å². The molecule has 0 aromatic heterocycles.